The number of hydrogen-bond acceptors (Lipinski definition) is 6. The lowest BCUT2D eigenvalue weighted by Crippen LogP contribution is -2.44. The van der Waals surface area contributed by atoms with Crippen LogP contribution in [0.15, 0.2) is 30.3 Å². The zero-order chi connectivity index (χ0) is 26.1. The second-order valence-electron chi connectivity index (χ2n) is 9.67. The Morgan fingerprint density at radius 1 is 1.14 bits per heavy atom. The highest BCUT2D eigenvalue weighted by molar-refractivity contribution is 6.32. The van der Waals surface area contributed by atoms with E-state index in [0.717, 1.165) is 35.5 Å². The molecule has 2 fully saturated rings. The number of morpholine rings is 1. The Kier molecular flexibility index (Phi) is 7.17. The van der Waals surface area contributed by atoms with E-state index in [1.807, 2.05) is 25.1 Å². The first-order valence-corrected chi connectivity index (χ1v) is 12.8. The number of Topliss-reactive ketones (excluding diaryl/α,β-unsaturated/α-hetero) is 2. The summed E-state index contributed by atoms with van der Waals surface area (Å²) in [4.78, 5) is 53.4. The van der Waals surface area contributed by atoms with Gasteiger partial charge in [0.25, 0.3) is 5.91 Å². The largest absolute Gasteiger partial charge is 0.378 e. The SMILES string of the molecule is Cc1c(Cl)cc(NC(=O)NCc2ccc3c(c2)C(=O)N(C2CCC(=O)CC2=O)C3)cc1N1CCOCC1. The number of amides is 3. The normalized spacial score (nSPS) is 19.7. The summed E-state index contributed by atoms with van der Waals surface area (Å²) >= 11 is 6.44. The minimum Gasteiger partial charge on any atom is -0.378 e. The Bertz CT molecular complexity index is 1270. The van der Waals surface area contributed by atoms with Crippen molar-refractivity contribution in [3.8, 4) is 0 Å². The highest BCUT2D eigenvalue weighted by atomic mass is 35.5. The summed E-state index contributed by atoms with van der Waals surface area (Å²) in [5, 5.41) is 6.25. The molecule has 0 aromatic heterocycles. The average molecular weight is 525 g/mol. The zero-order valence-electron chi connectivity index (χ0n) is 20.6. The second-order valence-corrected chi connectivity index (χ2v) is 10.1. The molecule has 3 aliphatic rings. The molecule has 1 saturated heterocycles. The maximum Gasteiger partial charge on any atom is 0.319 e. The number of hydrogen-bond donors (Lipinski definition) is 2. The summed E-state index contributed by atoms with van der Waals surface area (Å²) in [6, 6.07) is 8.18. The van der Waals surface area contributed by atoms with Crippen LogP contribution in [0.2, 0.25) is 5.02 Å². The fraction of sp³-hybridized carbons (Fsp3) is 0.407. The third-order valence-corrected chi connectivity index (χ3v) is 7.59. The van der Waals surface area contributed by atoms with E-state index in [2.05, 4.69) is 15.5 Å². The first-order valence-electron chi connectivity index (χ1n) is 12.4. The molecule has 0 bridgehead atoms. The minimum atomic E-state index is -0.548. The number of carbonyl (C=O) groups is 4. The first-order chi connectivity index (χ1) is 17.8. The van der Waals surface area contributed by atoms with E-state index in [1.165, 1.54) is 0 Å². The van der Waals surface area contributed by atoms with Crippen molar-refractivity contribution in [2.75, 3.05) is 36.5 Å². The van der Waals surface area contributed by atoms with E-state index in [4.69, 9.17) is 16.3 Å². The van der Waals surface area contributed by atoms with E-state index < -0.39 is 12.1 Å². The minimum absolute atomic E-state index is 0.0673. The van der Waals surface area contributed by atoms with Gasteiger partial charge in [-0.25, -0.2) is 4.79 Å². The van der Waals surface area contributed by atoms with Crippen LogP contribution in [0.3, 0.4) is 0 Å². The lowest BCUT2D eigenvalue weighted by molar-refractivity contribution is -0.133. The molecule has 5 rings (SSSR count). The van der Waals surface area contributed by atoms with Crippen molar-refractivity contribution in [2.24, 2.45) is 0 Å². The van der Waals surface area contributed by atoms with Gasteiger partial charge in [0.1, 0.15) is 5.78 Å². The van der Waals surface area contributed by atoms with Gasteiger partial charge in [0, 0.05) is 54.6 Å². The Hall–Kier alpha value is -3.43. The fourth-order valence-corrected chi connectivity index (χ4v) is 5.36. The quantitative estimate of drug-likeness (QED) is 0.580. The van der Waals surface area contributed by atoms with Crippen LogP contribution in [0, 0.1) is 6.92 Å². The summed E-state index contributed by atoms with van der Waals surface area (Å²) < 4.78 is 5.43. The van der Waals surface area contributed by atoms with Gasteiger partial charge in [0.2, 0.25) is 0 Å². The number of benzene rings is 2. The van der Waals surface area contributed by atoms with Crippen LogP contribution in [0.1, 0.15) is 46.3 Å². The number of nitrogens with one attached hydrogen (secondary N) is 2. The third-order valence-electron chi connectivity index (χ3n) is 7.20. The molecule has 10 heteroatoms. The maximum absolute atomic E-state index is 13.0. The number of urea groups is 1. The fourth-order valence-electron chi connectivity index (χ4n) is 5.15. The number of halogens is 1. The molecular weight excluding hydrogens is 496 g/mol. The molecule has 2 heterocycles. The molecule has 2 aliphatic heterocycles. The first kappa shape index (κ1) is 25.2. The van der Waals surface area contributed by atoms with Crippen LogP contribution >= 0.6 is 11.6 Å². The summed E-state index contributed by atoms with van der Waals surface area (Å²) in [5.74, 6) is -0.467. The van der Waals surface area contributed by atoms with Crippen LogP contribution in [0.5, 0.6) is 0 Å². The van der Waals surface area contributed by atoms with Crippen molar-refractivity contribution in [2.45, 2.75) is 45.3 Å². The van der Waals surface area contributed by atoms with Gasteiger partial charge in [0.05, 0.1) is 25.7 Å². The van der Waals surface area contributed by atoms with Gasteiger partial charge in [-0.1, -0.05) is 23.7 Å². The zero-order valence-corrected chi connectivity index (χ0v) is 21.4. The van der Waals surface area contributed by atoms with Crippen molar-refractivity contribution in [3.63, 3.8) is 0 Å². The molecule has 1 aliphatic carbocycles. The topological polar surface area (TPSA) is 108 Å². The summed E-state index contributed by atoms with van der Waals surface area (Å²) in [6.07, 6.45) is 0.596. The molecule has 2 aromatic carbocycles. The Morgan fingerprint density at radius 3 is 2.68 bits per heavy atom. The number of nitrogens with zero attached hydrogens (tertiary/aromatic N) is 2. The van der Waals surface area contributed by atoms with E-state index >= 15 is 0 Å². The molecule has 0 spiro atoms. The molecular formula is C27H29ClN4O5. The second kappa shape index (κ2) is 10.5. The molecule has 1 atom stereocenters. The number of rotatable bonds is 5. The number of anilines is 2. The van der Waals surface area contributed by atoms with Crippen LogP contribution in [0.4, 0.5) is 16.2 Å². The highest BCUT2D eigenvalue weighted by Crippen LogP contribution is 2.32. The molecule has 194 valence electrons. The average Bonchev–Trinajstić information content (AvgIpc) is 3.21. The molecule has 1 saturated carbocycles. The molecule has 2 aromatic rings. The van der Waals surface area contributed by atoms with Crippen molar-refractivity contribution in [3.05, 3.63) is 57.6 Å². The molecule has 1 unspecified atom stereocenters. The smallest absolute Gasteiger partial charge is 0.319 e. The monoisotopic (exact) mass is 524 g/mol. The lowest BCUT2D eigenvalue weighted by atomic mass is 9.92. The summed E-state index contributed by atoms with van der Waals surface area (Å²) in [6.45, 7) is 5.34. The number of carbonyl (C=O) groups excluding carboxylic acids is 4. The van der Waals surface area contributed by atoms with E-state index in [-0.39, 0.29) is 30.4 Å². The van der Waals surface area contributed by atoms with Gasteiger partial charge >= 0.3 is 6.03 Å². The van der Waals surface area contributed by atoms with Gasteiger partial charge in [0.15, 0.2) is 5.78 Å². The Labute approximate surface area is 220 Å². The van der Waals surface area contributed by atoms with Crippen LogP contribution in [0.25, 0.3) is 0 Å². The molecule has 2 N–H and O–H groups in total. The van der Waals surface area contributed by atoms with Crippen molar-refractivity contribution >= 4 is 46.5 Å². The lowest BCUT2D eigenvalue weighted by Gasteiger charge is -2.30. The van der Waals surface area contributed by atoms with E-state index in [9.17, 15) is 19.2 Å². The molecule has 3 amide bonds. The van der Waals surface area contributed by atoms with Crippen LogP contribution < -0.4 is 15.5 Å². The van der Waals surface area contributed by atoms with Crippen molar-refractivity contribution < 1.29 is 23.9 Å². The highest BCUT2D eigenvalue weighted by Gasteiger charge is 2.38. The van der Waals surface area contributed by atoms with Crippen LogP contribution in [-0.4, -0.2) is 60.7 Å². The molecule has 37 heavy (non-hydrogen) atoms. The van der Waals surface area contributed by atoms with E-state index in [1.54, 1.807) is 17.0 Å². The summed E-state index contributed by atoms with van der Waals surface area (Å²) in [5.41, 5.74) is 4.65. The molecule has 0 radical (unpaired) electrons. The summed E-state index contributed by atoms with van der Waals surface area (Å²) in [7, 11) is 0. The predicted molar refractivity (Wildman–Crippen MR) is 139 cm³/mol. The molecule has 9 nitrogen and oxygen atoms in total. The van der Waals surface area contributed by atoms with Gasteiger partial charge in [-0.2, -0.15) is 0 Å². The third kappa shape index (κ3) is 5.33. The number of fused-ring (bicyclic) bond motifs is 1. The van der Waals surface area contributed by atoms with Gasteiger partial charge in [-0.3, -0.25) is 14.4 Å². The maximum atomic E-state index is 13.0. The van der Waals surface area contributed by atoms with Crippen LogP contribution in [-0.2, 0) is 27.4 Å². The van der Waals surface area contributed by atoms with Crippen molar-refractivity contribution in [1.82, 2.24) is 10.2 Å². The number of ketones is 2. The van der Waals surface area contributed by atoms with Gasteiger partial charge < -0.3 is 25.2 Å². The standard InChI is InChI=1S/C27H29ClN4O5/c1-16-22(28)11-19(12-24(16)31-6-8-37-9-7-31)30-27(36)29-14-17-2-3-18-15-32(26(35)21(18)10-17)23-5-4-20(33)13-25(23)34/h2-3,10-12,23H,4-9,13-15H2,1H3,(H2,29,30,36). The van der Waals surface area contributed by atoms with E-state index in [0.29, 0.717) is 48.9 Å². The van der Waals surface area contributed by atoms with Gasteiger partial charge in [-0.05, 0) is 48.2 Å². The number of ether oxygens (including phenoxy) is 1. The van der Waals surface area contributed by atoms with Crippen molar-refractivity contribution in [1.29, 1.82) is 0 Å². The Balaban J connectivity index is 1.21. The Morgan fingerprint density at radius 2 is 1.92 bits per heavy atom. The van der Waals surface area contributed by atoms with Gasteiger partial charge in [-0.15, -0.1) is 0 Å². The predicted octanol–water partition coefficient (Wildman–Crippen LogP) is 3.45.